The summed E-state index contributed by atoms with van der Waals surface area (Å²) >= 11 is 5.99. The first-order valence-corrected chi connectivity index (χ1v) is 7.17. The maximum Gasteiger partial charge on any atom is 0.289 e. The number of piperidine rings is 1. The number of fused-ring (bicyclic) bond motifs is 1. The van der Waals surface area contributed by atoms with Crippen LogP contribution in [0.4, 0.5) is 0 Å². The standard InChI is InChI=1S/C15H17ClN2O2/c1-9-12-7-10(16)4-5-13(12)20-14(9)15(19)18-6-2-3-11(17)8-18/h4-5,7,11H,2-3,6,8,17H2,1H3/t11-/m0/s1. The molecule has 1 atom stereocenters. The van der Waals surface area contributed by atoms with Crippen LogP contribution in [0, 0.1) is 6.92 Å². The van der Waals surface area contributed by atoms with Crippen molar-refractivity contribution in [3.05, 3.63) is 34.5 Å². The lowest BCUT2D eigenvalue weighted by Crippen LogP contribution is -2.45. The van der Waals surface area contributed by atoms with E-state index in [0.29, 0.717) is 22.9 Å². The Kier molecular flexibility index (Phi) is 3.44. The molecule has 4 nitrogen and oxygen atoms in total. The molecule has 2 heterocycles. The SMILES string of the molecule is Cc1c(C(=O)N2CCC[C@H](N)C2)oc2ccc(Cl)cc12. The molecule has 5 heteroatoms. The zero-order valence-corrected chi connectivity index (χ0v) is 12.1. The van der Waals surface area contributed by atoms with E-state index in [1.807, 2.05) is 13.0 Å². The van der Waals surface area contributed by atoms with Gasteiger partial charge in [0.05, 0.1) is 0 Å². The van der Waals surface area contributed by atoms with E-state index in [9.17, 15) is 4.79 Å². The fraction of sp³-hybridized carbons (Fsp3) is 0.400. The Morgan fingerprint density at radius 3 is 3.05 bits per heavy atom. The Morgan fingerprint density at radius 1 is 1.50 bits per heavy atom. The van der Waals surface area contributed by atoms with Crippen LogP contribution >= 0.6 is 11.6 Å². The van der Waals surface area contributed by atoms with Crippen LogP contribution in [-0.2, 0) is 0 Å². The van der Waals surface area contributed by atoms with E-state index < -0.39 is 0 Å². The highest BCUT2D eigenvalue weighted by Crippen LogP contribution is 2.29. The summed E-state index contributed by atoms with van der Waals surface area (Å²) in [7, 11) is 0. The van der Waals surface area contributed by atoms with Crippen molar-refractivity contribution in [1.82, 2.24) is 4.90 Å². The van der Waals surface area contributed by atoms with E-state index in [1.54, 1.807) is 17.0 Å². The van der Waals surface area contributed by atoms with Gasteiger partial charge in [0.15, 0.2) is 5.76 Å². The van der Waals surface area contributed by atoms with Crippen LogP contribution in [0.5, 0.6) is 0 Å². The third-order valence-electron chi connectivity index (χ3n) is 3.84. The van der Waals surface area contributed by atoms with Crippen LogP contribution in [0.1, 0.15) is 29.0 Å². The van der Waals surface area contributed by atoms with Crippen LogP contribution in [-0.4, -0.2) is 29.9 Å². The normalized spacial score (nSPS) is 19.6. The van der Waals surface area contributed by atoms with Gasteiger partial charge >= 0.3 is 0 Å². The number of nitrogens with two attached hydrogens (primary N) is 1. The second kappa shape index (κ2) is 5.11. The van der Waals surface area contributed by atoms with Crippen molar-refractivity contribution in [2.24, 2.45) is 5.73 Å². The third kappa shape index (κ3) is 2.30. The van der Waals surface area contributed by atoms with Crippen LogP contribution in [0.3, 0.4) is 0 Å². The van der Waals surface area contributed by atoms with Gasteiger partial charge in [-0.15, -0.1) is 0 Å². The molecule has 0 spiro atoms. The van der Waals surface area contributed by atoms with Gasteiger partial charge in [-0.3, -0.25) is 4.79 Å². The quantitative estimate of drug-likeness (QED) is 0.879. The summed E-state index contributed by atoms with van der Waals surface area (Å²) in [5.41, 5.74) is 7.46. The van der Waals surface area contributed by atoms with Gasteiger partial charge in [0.1, 0.15) is 5.58 Å². The zero-order chi connectivity index (χ0) is 14.3. The highest BCUT2D eigenvalue weighted by molar-refractivity contribution is 6.31. The number of carbonyl (C=O) groups is 1. The molecule has 2 N–H and O–H groups in total. The van der Waals surface area contributed by atoms with Crippen LogP contribution in [0.2, 0.25) is 5.02 Å². The number of likely N-dealkylation sites (tertiary alicyclic amines) is 1. The Bertz CT molecular complexity index is 665. The molecule has 3 rings (SSSR count). The summed E-state index contributed by atoms with van der Waals surface area (Å²) in [6.45, 7) is 3.22. The van der Waals surface area contributed by atoms with Crippen LogP contribution in [0.15, 0.2) is 22.6 Å². The van der Waals surface area contributed by atoms with Gasteiger partial charge in [-0.2, -0.15) is 0 Å². The number of nitrogens with zero attached hydrogens (tertiary/aromatic N) is 1. The number of benzene rings is 1. The number of hydrogen-bond donors (Lipinski definition) is 1. The van der Waals surface area contributed by atoms with Crippen molar-refractivity contribution in [1.29, 1.82) is 0 Å². The largest absolute Gasteiger partial charge is 0.451 e. The van der Waals surface area contributed by atoms with Crippen LogP contribution < -0.4 is 5.73 Å². The van der Waals surface area contributed by atoms with E-state index >= 15 is 0 Å². The lowest BCUT2D eigenvalue weighted by molar-refractivity contribution is 0.0678. The number of aryl methyl sites for hydroxylation is 1. The molecule has 1 aliphatic rings. The number of amides is 1. The molecule has 2 aromatic rings. The molecular weight excluding hydrogens is 276 g/mol. The van der Waals surface area contributed by atoms with Crippen molar-refractivity contribution in [3.8, 4) is 0 Å². The number of halogens is 1. The maximum absolute atomic E-state index is 12.6. The fourth-order valence-electron chi connectivity index (χ4n) is 2.74. The van der Waals surface area contributed by atoms with Gasteiger partial charge in [-0.1, -0.05) is 11.6 Å². The minimum Gasteiger partial charge on any atom is -0.451 e. The molecule has 20 heavy (non-hydrogen) atoms. The van der Waals surface area contributed by atoms with Gasteiger partial charge in [0.25, 0.3) is 5.91 Å². The molecule has 1 aliphatic heterocycles. The Labute approximate surface area is 122 Å². The molecule has 1 aromatic carbocycles. The van der Waals surface area contributed by atoms with Gasteiger partial charge in [0, 0.05) is 35.1 Å². The summed E-state index contributed by atoms with van der Waals surface area (Å²) in [5, 5.41) is 1.53. The monoisotopic (exact) mass is 292 g/mol. The highest BCUT2D eigenvalue weighted by atomic mass is 35.5. The first-order chi connectivity index (χ1) is 9.56. The number of furan rings is 1. The predicted molar refractivity (Wildman–Crippen MR) is 79.1 cm³/mol. The summed E-state index contributed by atoms with van der Waals surface area (Å²) in [5.74, 6) is 0.321. The van der Waals surface area contributed by atoms with Gasteiger partial charge in [-0.05, 0) is 38.0 Å². The third-order valence-corrected chi connectivity index (χ3v) is 4.07. The molecule has 1 fully saturated rings. The fourth-order valence-corrected chi connectivity index (χ4v) is 2.91. The minimum absolute atomic E-state index is 0.0619. The molecule has 1 saturated heterocycles. The zero-order valence-electron chi connectivity index (χ0n) is 11.4. The van der Waals surface area contributed by atoms with Gasteiger partial charge in [-0.25, -0.2) is 0 Å². The second-order valence-electron chi connectivity index (χ2n) is 5.35. The number of hydrogen-bond acceptors (Lipinski definition) is 3. The lowest BCUT2D eigenvalue weighted by atomic mass is 10.1. The molecule has 0 aliphatic carbocycles. The average molecular weight is 293 g/mol. The summed E-state index contributed by atoms with van der Waals surface area (Å²) in [6, 6.07) is 5.45. The van der Waals surface area contributed by atoms with Crippen molar-refractivity contribution < 1.29 is 9.21 Å². The molecule has 0 radical (unpaired) electrons. The molecule has 1 aromatic heterocycles. The molecule has 106 valence electrons. The Morgan fingerprint density at radius 2 is 2.30 bits per heavy atom. The smallest absolute Gasteiger partial charge is 0.289 e. The molecule has 0 unspecified atom stereocenters. The highest BCUT2D eigenvalue weighted by Gasteiger charge is 2.26. The summed E-state index contributed by atoms with van der Waals surface area (Å²) < 4.78 is 5.71. The lowest BCUT2D eigenvalue weighted by Gasteiger charge is -2.30. The Hall–Kier alpha value is -1.52. The average Bonchev–Trinajstić information content (AvgIpc) is 2.75. The molecule has 0 saturated carbocycles. The first kappa shape index (κ1) is 13.5. The van der Waals surface area contributed by atoms with Gasteiger partial charge < -0.3 is 15.1 Å². The van der Waals surface area contributed by atoms with Crippen molar-refractivity contribution in [2.75, 3.05) is 13.1 Å². The van der Waals surface area contributed by atoms with E-state index in [-0.39, 0.29) is 11.9 Å². The van der Waals surface area contributed by atoms with Crippen molar-refractivity contribution in [2.45, 2.75) is 25.8 Å². The van der Waals surface area contributed by atoms with Gasteiger partial charge in [0.2, 0.25) is 0 Å². The number of rotatable bonds is 1. The molecular formula is C15H17ClN2O2. The first-order valence-electron chi connectivity index (χ1n) is 6.80. The topological polar surface area (TPSA) is 59.5 Å². The predicted octanol–water partition coefficient (Wildman–Crippen LogP) is 2.96. The molecule has 0 bridgehead atoms. The maximum atomic E-state index is 12.6. The Balaban J connectivity index is 1.97. The van der Waals surface area contributed by atoms with Crippen molar-refractivity contribution >= 4 is 28.5 Å². The van der Waals surface area contributed by atoms with E-state index in [4.69, 9.17) is 21.8 Å². The van der Waals surface area contributed by atoms with Crippen molar-refractivity contribution in [3.63, 3.8) is 0 Å². The van der Waals surface area contributed by atoms with Crippen LogP contribution in [0.25, 0.3) is 11.0 Å². The summed E-state index contributed by atoms with van der Waals surface area (Å²) in [6.07, 6.45) is 1.91. The van der Waals surface area contributed by atoms with E-state index in [0.717, 1.165) is 30.3 Å². The van der Waals surface area contributed by atoms with E-state index in [1.165, 1.54) is 0 Å². The van der Waals surface area contributed by atoms with E-state index in [2.05, 4.69) is 0 Å². The molecule has 1 amide bonds. The summed E-state index contributed by atoms with van der Waals surface area (Å²) in [4.78, 5) is 14.3. The number of carbonyl (C=O) groups excluding carboxylic acids is 1. The minimum atomic E-state index is -0.0787. The second-order valence-corrected chi connectivity index (χ2v) is 5.79.